The Morgan fingerprint density at radius 2 is 1.76 bits per heavy atom. The zero-order valence-electron chi connectivity index (χ0n) is 13.1. The van der Waals surface area contributed by atoms with Gasteiger partial charge < -0.3 is 4.90 Å². The van der Waals surface area contributed by atoms with Gasteiger partial charge >= 0.3 is 0 Å². The zero-order chi connectivity index (χ0) is 18.0. The van der Waals surface area contributed by atoms with E-state index in [1.54, 1.807) is 41.3 Å². The molecule has 2 heterocycles. The molecule has 25 heavy (non-hydrogen) atoms. The molecule has 1 aliphatic rings. The summed E-state index contributed by atoms with van der Waals surface area (Å²) < 4.78 is 27.4. The highest BCUT2D eigenvalue weighted by atomic mass is 79.9. The molecule has 0 aliphatic carbocycles. The maximum atomic E-state index is 12.8. The van der Waals surface area contributed by atoms with E-state index in [0.717, 1.165) is 0 Å². The number of hydrogen-bond acceptors (Lipinski definition) is 4. The van der Waals surface area contributed by atoms with Gasteiger partial charge in [0.1, 0.15) is 5.69 Å². The van der Waals surface area contributed by atoms with E-state index < -0.39 is 10.0 Å². The largest absolute Gasteiger partial charge is 0.335 e. The van der Waals surface area contributed by atoms with Crippen LogP contribution in [0, 0.1) is 0 Å². The second-order valence-corrected chi connectivity index (χ2v) is 8.69. The van der Waals surface area contributed by atoms with Crippen LogP contribution >= 0.6 is 27.5 Å². The number of benzene rings is 1. The molecule has 0 spiro atoms. The molecule has 1 fully saturated rings. The lowest BCUT2D eigenvalue weighted by atomic mass is 10.3. The summed E-state index contributed by atoms with van der Waals surface area (Å²) in [6.45, 7) is 1.10. The molecule has 3 rings (SSSR count). The number of piperazine rings is 1. The van der Waals surface area contributed by atoms with Crippen molar-refractivity contribution in [2.75, 3.05) is 26.2 Å². The number of rotatable bonds is 3. The molecule has 6 nitrogen and oxygen atoms in total. The molecule has 2 aromatic rings. The Balaban J connectivity index is 1.70. The predicted octanol–water partition coefficient (Wildman–Crippen LogP) is 2.64. The molecule has 9 heteroatoms. The molecule has 0 unspecified atom stereocenters. The average Bonchev–Trinajstić information content (AvgIpc) is 2.62. The van der Waals surface area contributed by atoms with Crippen LogP contribution in [0.1, 0.15) is 10.5 Å². The fourth-order valence-electron chi connectivity index (χ4n) is 2.59. The Morgan fingerprint density at radius 3 is 2.36 bits per heavy atom. The molecule has 0 radical (unpaired) electrons. The molecule has 0 saturated carbocycles. The van der Waals surface area contributed by atoms with E-state index in [0.29, 0.717) is 28.3 Å². The number of halogens is 2. The first kappa shape index (κ1) is 18.3. The Hall–Kier alpha value is -1.48. The smallest absolute Gasteiger partial charge is 0.272 e. The SMILES string of the molecule is O=C(c1ccc(Cl)cn1)N1CCN(S(=O)(=O)c2ccccc2Br)CC1. The molecule has 0 bridgehead atoms. The molecular formula is C16H15BrClN3O3S. The van der Waals surface area contributed by atoms with Gasteiger partial charge in [-0.05, 0) is 40.2 Å². The lowest BCUT2D eigenvalue weighted by molar-refractivity contribution is 0.0692. The van der Waals surface area contributed by atoms with Crippen molar-refractivity contribution in [2.24, 2.45) is 0 Å². The summed E-state index contributed by atoms with van der Waals surface area (Å²) in [5.41, 5.74) is 0.298. The first-order chi connectivity index (χ1) is 11.9. The molecule has 1 aromatic carbocycles. The van der Waals surface area contributed by atoms with Crippen LogP contribution in [0.4, 0.5) is 0 Å². The highest BCUT2D eigenvalue weighted by molar-refractivity contribution is 9.10. The summed E-state index contributed by atoms with van der Waals surface area (Å²) in [5, 5.41) is 0.459. The van der Waals surface area contributed by atoms with Crippen LogP contribution in [-0.2, 0) is 10.0 Å². The maximum Gasteiger partial charge on any atom is 0.272 e. The molecular weight excluding hydrogens is 430 g/mol. The standard InChI is InChI=1S/C16H15BrClN3O3S/c17-13-3-1-2-4-15(13)25(23,24)21-9-7-20(8-10-21)16(22)14-6-5-12(18)11-19-14/h1-6,11H,7-10H2. The average molecular weight is 445 g/mol. The van der Waals surface area contributed by atoms with Crippen molar-refractivity contribution in [2.45, 2.75) is 4.90 Å². The van der Waals surface area contributed by atoms with E-state index >= 15 is 0 Å². The molecule has 132 valence electrons. The third-order valence-electron chi connectivity index (χ3n) is 3.93. The van der Waals surface area contributed by atoms with E-state index in [2.05, 4.69) is 20.9 Å². The number of pyridine rings is 1. The van der Waals surface area contributed by atoms with Crippen molar-refractivity contribution in [3.63, 3.8) is 0 Å². The number of aromatic nitrogens is 1. The lowest BCUT2D eigenvalue weighted by Crippen LogP contribution is -2.50. The summed E-state index contributed by atoms with van der Waals surface area (Å²) >= 11 is 9.06. The highest BCUT2D eigenvalue weighted by Crippen LogP contribution is 2.25. The Labute approximate surface area is 159 Å². The quantitative estimate of drug-likeness (QED) is 0.730. The van der Waals surface area contributed by atoms with Crippen LogP contribution in [0.2, 0.25) is 5.02 Å². The van der Waals surface area contributed by atoms with Gasteiger partial charge in [-0.15, -0.1) is 0 Å². The molecule has 0 N–H and O–H groups in total. The number of sulfonamides is 1. The molecule has 1 amide bonds. The lowest BCUT2D eigenvalue weighted by Gasteiger charge is -2.34. The van der Waals surface area contributed by atoms with Gasteiger partial charge in [0.25, 0.3) is 5.91 Å². The first-order valence-electron chi connectivity index (χ1n) is 7.55. The second kappa shape index (κ2) is 7.41. The highest BCUT2D eigenvalue weighted by Gasteiger charge is 2.31. The van der Waals surface area contributed by atoms with Gasteiger partial charge in [0.15, 0.2) is 0 Å². The third-order valence-corrected chi connectivity index (χ3v) is 7.06. The van der Waals surface area contributed by atoms with Gasteiger partial charge in [0, 0.05) is 36.8 Å². The molecule has 1 aromatic heterocycles. The van der Waals surface area contributed by atoms with Crippen molar-refractivity contribution in [3.8, 4) is 0 Å². The zero-order valence-corrected chi connectivity index (χ0v) is 16.3. The van der Waals surface area contributed by atoms with E-state index in [1.165, 1.54) is 10.5 Å². The van der Waals surface area contributed by atoms with Crippen molar-refractivity contribution in [3.05, 3.63) is 57.8 Å². The molecule has 1 saturated heterocycles. The summed E-state index contributed by atoms with van der Waals surface area (Å²) in [7, 11) is -3.60. The minimum atomic E-state index is -3.60. The minimum absolute atomic E-state index is 0.227. The number of carbonyl (C=O) groups is 1. The molecule has 0 atom stereocenters. The van der Waals surface area contributed by atoms with Crippen molar-refractivity contribution in [1.29, 1.82) is 0 Å². The van der Waals surface area contributed by atoms with Gasteiger partial charge in [0.2, 0.25) is 10.0 Å². The van der Waals surface area contributed by atoms with Crippen molar-refractivity contribution >= 4 is 43.5 Å². The van der Waals surface area contributed by atoms with Gasteiger partial charge in [-0.3, -0.25) is 4.79 Å². The van der Waals surface area contributed by atoms with Gasteiger partial charge in [-0.1, -0.05) is 23.7 Å². The van der Waals surface area contributed by atoms with Crippen LogP contribution in [-0.4, -0.2) is 54.7 Å². The van der Waals surface area contributed by atoms with Gasteiger partial charge in [0.05, 0.1) is 9.92 Å². The number of amides is 1. The second-order valence-electron chi connectivity index (χ2n) is 5.49. The van der Waals surface area contributed by atoms with Crippen molar-refractivity contribution < 1.29 is 13.2 Å². The summed E-state index contributed by atoms with van der Waals surface area (Å²) in [4.78, 5) is 18.3. The first-order valence-corrected chi connectivity index (χ1v) is 10.2. The fraction of sp³-hybridized carbons (Fsp3) is 0.250. The van der Waals surface area contributed by atoms with E-state index in [4.69, 9.17) is 11.6 Å². The Kier molecular flexibility index (Phi) is 5.43. The van der Waals surface area contributed by atoms with E-state index in [9.17, 15) is 13.2 Å². The summed E-state index contributed by atoms with van der Waals surface area (Å²) in [5.74, 6) is -0.227. The summed E-state index contributed by atoms with van der Waals surface area (Å²) in [6, 6.07) is 9.88. The third kappa shape index (κ3) is 3.87. The number of carbonyl (C=O) groups excluding carboxylic acids is 1. The van der Waals surface area contributed by atoms with Gasteiger partial charge in [-0.2, -0.15) is 4.31 Å². The molecule has 1 aliphatic heterocycles. The minimum Gasteiger partial charge on any atom is -0.335 e. The topological polar surface area (TPSA) is 70.6 Å². The maximum absolute atomic E-state index is 12.8. The van der Waals surface area contributed by atoms with Crippen LogP contribution in [0.3, 0.4) is 0 Å². The summed E-state index contributed by atoms with van der Waals surface area (Å²) in [6.07, 6.45) is 1.42. The monoisotopic (exact) mass is 443 g/mol. The fourth-order valence-corrected chi connectivity index (χ4v) is 5.09. The van der Waals surface area contributed by atoms with Crippen molar-refractivity contribution in [1.82, 2.24) is 14.2 Å². The Morgan fingerprint density at radius 1 is 1.08 bits per heavy atom. The van der Waals surface area contributed by atoms with E-state index in [-0.39, 0.29) is 23.9 Å². The van der Waals surface area contributed by atoms with Crippen LogP contribution in [0.5, 0.6) is 0 Å². The van der Waals surface area contributed by atoms with Crippen LogP contribution < -0.4 is 0 Å². The Bertz CT molecular complexity index is 882. The number of nitrogens with zero attached hydrogens (tertiary/aromatic N) is 3. The van der Waals surface area contributed by atoms with Crippen LogP contribution in [0.15, 0.2) is 52.0 Å². The van der Waals surface area contributed by atoms with Crippen LogP contribution in [0.25, 0.3) is 0 Å². The normalized spacial score (nSPS) is 16.0. The predicted molar refractivity (Wildman–Crippen MR) is 98.1 cm³/mol. The van der Waals surface area contributed by atoms with E-state index in [1.807, 2.05) is 0 Å². The van der Waals surface area contributed by atoms with Gasteiger partial charge in [-0.25, -0.2) is 13.4 Å². The number of hydrogen-bond donors (Lipinski definition) is 0.